The van der Waals surface area contributed by atoms with E-state index in [0.29, 0.717) is 11.8 Å². The predicted octanol–water partition coefficient (Wildman–Crippen LogP) is 10.1. The van der Waals surface area contributed by atoms with E-state index < -0.39 is 5.41 Å². The van der Waals surface area contributed by atoms with Gasteiger partial charge in [0.1, 0.15) is 5.82 Å². The number of hydrogen-bond acceptors (Lipinski definition) is 1. The van der Waals surface area contributed by atoms with Gasteiger partial charge in [0.15, 0.2) is 0 Å². The van der Waals surface area contributed by atoms with Gasteiger partial charge in [0, 0.05) is 23.5 Å². The number of imidazole rings is 1. The second-order valence-corrected chi connectivity index (χ2v) is 12.0. The molecule has 5 aromatic carbocycles. The molecule has 0 aliphatic heterocycles. The summed E-state index contributed by atoms with van der Waals surface area (Å²) in [4.78, 5) is 4.95. The van der Waals surface area contributed by atoms with Gasteiger partial charge in [0.05, 0.1) is 11.1 Å². The van der Waals surface area contributed by atoms with E-state index in [1.165, 1.54) is 50.2 Å². The molecule has 1 aromatic heterocycles. The van der Waals surface area contributed by atoms with Crippen LogP contribution in [0.15, 0.2) is 134 Å². The first-order chi connectivity index (χ1) is 20.5. The molecule has 0 radical (unpaired) electrons. The molecule has 0 atom stereocenters. The highest BCUT2D eigenvalue weighted by molar-refractivity contribution is 5.92. The van der Waals surface area contributed by atoms with Crippen LogP contribution in [0.2, 0.25) is 0 Å². The van der Waals surface area contributed by atoms with Gasteiger partial charge in [-0.15, -0.1) is 0 Å². The summed E-state index contributed by atoms with van der Waals surface area (Å²) in [6, 6.07) is 44.4. The number of benzene rings is 5. The molecular weight excluding hydrogens is 508 g/mol. The van der Waals surface area contributed by atoms with Crippen molar-refractivity contribution in [2.24, 2.45) is 0 Å². The number of hydrogen-bond donors (Lipinski definition) is 0. The summed E-state index contributed by atoms with van der Waals surface area (Å²) in [6.45, 7) is 9.31. The minimum absolute atomic E-state index is 0.307. The molecule has 1 aliphatic carbocycles. The summed E-state index contributed by atoms with van der Waals surface area (Å²) in [6.07, 6.45) is 4.10. The van der Waals surface area contributed by atoms with Crippen molar-refractivity contribution in [1.82, 2.24) is 9.55 Å². The Morgan fingerprint density at radius 2 is 1.17 bits per heavy atom. The molecule has 7 rings (SSSR count). The quantitative estimate of drug-likeness (QED) is 0.204. The van der Waals surface area contributed by atoms with Gasteiger partial charge in [0.2, 0.25) is 0 Å². The zero-order chi connectivity index (χ0) is 28.8. The Kier molecular flexibility index (Phi) is 6.43. The molecule has 0 spiro atoms. The second-order valence-electron chi connectivity index (χ2n) is 12.0. The molecule has 1 aliphatic rings. The fourth-order valence-corrected chi connectivity index (χ4v) is 7.12. The molecule has 0 N–H and O–H groups in total. The molecule has 206 valence electrons. The van der Waals surface area contributed by atoms with Gasteiger partial charge in [-0.25, -0.2) is 4.98 Å². The van der Waals surface area contributed by atoms with Crippen LogP contribution in [0, 0.1) is 0 Å². The van der Waals surface area contributed by atoms with E-state index in [-0.39, 0.29) is 0 Å². The number of nitrogens with zero attached hydrogens (tertiary/aromatic N) is 2. The van der Waals surface area contributed by atoms with Crippen molar-refractivity contribution in [3.8, 4) is 28.2 Å². The maximum atomic E-state index is 4.95. The maximum absolute atomic E-state index is 4.95. The Morgan fingerprint density at radius 1 is 0.619 bits per heavy atom. The van der Waals surface area contributed by atoms with E-state index in [1.54, 1.807) is 0 Å². The van der Waals surface area contributed by atoms with Gasteiger partial charge in [-0.1, -0.05) is 149 Å². The van der Waals surface area contributed by atoms with Crippen molar-refractivity contribution in [3.63, 3.8) is 0 Å². The van der Waals surface area contributed by atoms with Gasteiger partial charge in [0.25, 0.3) is 0 Å². The highest BCUT2D eigenvalue weighted by Crippen LogP contribution is 2.60. The molecule has 6 aromatic rings. The van der Waals surface area contributed by atoms with Crippen molar-refractivity contribution in [2.45, 2.75) is 44.9 Å². The third-order valence-electron chi connectivity index (χ3n) is 8.91. The Labute approximate surface area is 249 Å². The molecule has 0 amide bonds. The van der Waals surface area contributed by atoms with Crippen LogP contribution >= 0.6 is 0 Å². The standard InChI is InChI=1S/C40H36N2/c1-27(2)33-26-34(28(3)4)38(42-25-24-41-39(42)29-16-8-5-9-17-29)37-36(33)32-22-14-15-23-35(32)40(37,30-18-10-6-11-19-30)31-20-12-7-13-21-31/h5-28H,1-4H3. The minimum Gasteiger partial charge on any atom is -0.299 e. The summed E-state index contributed by atoms with van der Waals surface area (Å²) in [7, 11) is 0. The molecule has 2 heteroatoms. The highest BCUT2D eigenvalue weighted by atomic mass is 15.1. The Balaban J connectivity index is 1.74. The Hall–Kier alpha value is -4.69. The molecule has 0 fully saturated rings. The second kappa shape index (κ2) is 10.3. The third kappa shape index (κ3) is 3.82. The lowest BCUT2D eigenvalue weighted by molar-refractivity contribution is 0.742. The van der Waals surface area contributed by atoms with Crippen molar-refractivity contribution >= 4 is 0 Å². The molecule has 2 nitrogen and oxygen atoms in total. The van der Waals surface area contributed by atoms with Crippen LogP contribution in [0.1, 0.15) is 72.9 Å². The molecular formula is C40H36N2. The largest absolute Gasteiger partial charge is 0.299 e. The monoisotopic (exact) mass is 544 g/mol. The van der Waals surface area contributed by atoms with E-state index in [2.05, 4.69) is 160 Å². The lowest BCUT2D eigenvalue weighted by atomic mass is 9.66. The van der Waals surface area contributed by atoms with E-state index >= 15 is 0 Å². The summed E-state index contributed by atoms with van der Waals surface area (Å²) < 4.78 is 2.36. The predicted molar refractivity (Wildman–Crippen MR) is 174 cm³/mol. The van der Waals surface area contributed by atoms with Crippen molar-refractivity contribution in [3.05, 3.63) is 167 Å². The first-order valence-electron chi connectivity index (χ1n) is 15.0. The van der Waals surface area contributed by atoms with Gasteiger partial charge in [-0.3, -0.25) is 4.57 Å². The van der Waals surface area contributed by atoms with E-state index in [4.69, 9.17) is 4.98 Å². The summed E-state index contributed by atoms with van der Waals surface area (Å²) >= 11 is 0. The maximum Gasteiger partial charge on any atom is 0.144 e. The zero-order valence-corrected chi connectivity index (χ0v) is 24.8. The third-order valence-corrected chi connectivity index (χ3v) is 8.91. The average molecular weight is 545 g/mol. The molecule has 0 saturated carbocycles. The van der Waals surface area contributed by atoms with Crippen LogP contribution in [0.25, 0.3) is 28.2 Å². The van der Waals surface area contributed by atoms with Crippen LogP contribution < -0.4 is 0 Å². The highest BCUT2D eigenvalue weighted by Gasteiger charge is 2.49. The van der Waals surface area contributed by atoms with Crippen LogP contribution in [0.3, 0.4) is 0 Å². The van der Waals surface area contributed by atoms with E-state index in [9.17, 15) is 0 Å². The summed E-state index contributed by atoms with van der Waals surface area (Å²) in [5.41, 5.74) is 12.5. The molecule has 0 bridgehead atoms. The number of rotatable bonds is 6. The van der Waals surface area contributed by atoms with Crippen molar-refractivity contribution in [1.29, 1.82) is 0 Å². The summed E-state index contributed by atoms with van der Waals surface area (Å²) in [5, 5.41) is 0. The minimum atomic E-state index is -0.503. The van der Waals surface area contributed by atoms with Gasteiger partial charge in [-0.05, 0) is 50.8 Å². The van der Waals surface area contributed by atoms with Crippen LogP contribution in [0.5, 0.6) is 0 Å². The number of fused-ring (bicyclic) bond motifs is 3. The van der Waals surface area contributed by atoms with Gasteiger partial charge < -0.3 is 0 Å². The summed E-state index contributed by atoms with van der Waals surface area (Å²) in [5.74, 6) is 1.63. The normalized spacial score (nSPS) is 13.4. The lowest BCUT2D eigenvalue weighted by Crippen LogP contribution is -2.30. The van der Waals surface area contributed by atoms with E-state index in [0.717, 1.165) is 11.4 Å². The Morgan fingerprint density at radius 3 is 1.76 bits per heavy atom. The van der Waals surface area contributed by atoms with E-state index in [1.807, 2.05) is 6.20 Å². The Bertz CT molecular complexity index is 1820. The topological polar surface area (TPSA) is 17.8 Å². The smallest absolute Gasteiger partial charge is 0.144 e. The fourth-order valence-electron chi connectivity index (χ4n) is 7.12. The van der Waals surface area contributed by atoms with Gasteiger partial charge >= 0.3 is 0 Å². The van der Waals surface area contributed by atoms with Crippen LogP contribution in [-0.4, -0.2) is 9.55 Å². The van der Waals surface area contributed by atoms with Crippen LogP contribution in [-0.2, 0) is 5.41 Å². The molecule has 1 heterocycles. The SMILES string of the molecule is CC(C)c1cc(C(C)C)c(-n2ccnc2-c2ccccc2)c2c1-c1ccccc1C2(c1ccccc1)c1ccccc1. The lowest BCUT2D eigenvalue weighted by Gasteiger charge is -2.37. The zero-order valence-electron chi connectivity index (χ0n) is 24.8. The van der Waals surface area contributed by atoms with Crippen LogP contribution in [0.4, 0.5) is 0 Å². The fraction of sp³-hybridized carbons (Fsp3) is 0.175. The van der Waals surface area contributed by atoms with Crippen molar-refractivity contribution < 1.29 is 0 Å². The first kappa shape index (κ1) is 26.2. The van der Waals surface area contributed by atoms with Gasteiger partial charge in [-0.2, -0.15) is 0 Å². The molecule has 42 heavy (non-hydrogen) atoms. The first-order valence-corrected chi connectivity index (χ1v) is 15.0. The van der Waals surface area contributed by atoms with Crippen molar-refractivity contribution in [2.75, 3.05) is 0 Å². The average Bonchev–Trinajstić information content (AvgIpc) is 3.64. The molecule has 0 unspecified atom stereocenters. The molecule has 0 saturated heterocycles. The number of aromatic nitrogens is 2.